The molecule has 12 heteroatoms. The van der Waals surface area contributed by atoms with Gasteiger partial charge in [0.15, 0.2) is 0 Å². The van der Waals surface area contributed by atoms with E-state index in [9.17, 15) is 24.3 Å². The number of rotatable bonds is 13. The minimum Gasteiger partial charge on any atom is -0.480 e. The molecule has 0 radical (unpaired) electrons. The van der Waals surface area contributed by atoms with Crippen LogP contribution in [-0.2, 0) is 32.0 Å². The second-order valence-corrected chi connectivity index (χ2v) is 9.99. The molecule has 3 amide bonds. The van der Waals surface area contributed by atoms with Crippen molar-refractivity contribution in [1.29, 1.82) is 0 Å². The Morgan fingerprint density at radius 2 is 1.89 bits per heavy atom. The second-order valence-electron chi connectivity index (χ2n) is 9.01. The number of hydrogen-bond acceptors (Lipinski definition) is 7. The number of imidazole rings is 1. The van der Waals surface area contributed by atoms with E-state index in [0.29, 0.717) is 37.3 Å². The van der Waals surface area contributed by atoms with E-state index in [1.54, 1.807) is 6.20 Å². The van der Waals surface area contributed by atoms with Crippen LogP contribution in [0.25, 0.3) is 0 Å². The van der Waals surface area contributed by atoms with Gasteiger partial charge in [-0.05, 0) is 36.8 Å². The third-order valence-corrected chi connectivity index (χ3v) is 6.94. The number of thioether (sulfide) groups is 1. The SMILES string of the molecule is CSCCC(NC(=O)C(N)Cc1cnc[nH]1)C(=O)NC(Cc1ccccc1)C(=O)N1CCCC1C(=O)O. The molecular weight excluding hydrogens is 496 g/mol. The number of amides is 3. The van der Waals surface area contributed by atoms with E-state index in [-0.39, 0.29) is 12.8 Å². The maximum atomic E-state index is 13.5. The third-order valence-electron chi connectivity index (χ3n) is 6.29. The number of carbonyl (C=O) groups is 4. The fourth-order valence-electron chi connectivity index (χ4n) is 4.32. The van der Waals surface area contributed by atoms with Crippen LogP contribution in [0, 0.1) is 0 Å². The smallest absolute Gasteiger partial charge is 0.326 e. The molecule has 2 heterocycles. The first-order valence-electron chi connectivity index (χ1n) is 12.2. The number of aromatic amines is 1. The van der Waals surface area contributed by atoms with Crippen molar-refractivity contribution >= 4 is 35.5 Å². The summed E-state index contributed by atoms with van der Waals surface area (Å²) in [5.41, 5.74) is 7.56. The fourth-order valence-corrected chi connectivity index (χ4v) is 4.79. The molecular formula is C25H34N6O5S. The molecule has 1 aromatic heterocycles. The molecule has 0 saturated carbocycles. The number of hydrogen-bond donors (Lipinski definition) is 5. The van der Waals surface area contributed by atoms with E-state index in [0.717, 1.165) is 5.56 Å². The summed E-state index contributed by atoms with van der Waals surface area (Å²) in [4.78, 5) is 59.5. The maximum Gasteiger partial charge on any atom is 0.326 e. The summed E-state index contributed by atoms with van der Waals surface area (Å²) in [6.45, 7) is 0.312. The van der Waals surface area contributed by atoms with Crippen molar-refractivity contribution in [1.82, 2.24) is 25.5 Å². The van der Waals surface area contributed by atoms with Crippen molar-refractivity contribution in [3.8, 4) is 0 Å². The average molecular weight is 531 g/mol. The molecule has 1 aliphatic heterocycles. The van der Waals surface area contributed by atoms with Crippen LogP contribution in [0.4, 0.5) is 0 Å². The lowest BCUT2D eigenvalue weighted by atomic mass is 10.0. The van der Waals surface area contributed by atoms with E-state index in [1.165, 1.54) is 23.0 Å². The lowest BCUT2D eigenvalue weighted by molar-refractivity contribution is -0.149. The van der Waals surface area contributed by atoms with E-state index >= 15 is 0 Å². The van der Waals surface area contributed by atoms with Gasteiger partial charge in [-0.3, -0.25) is 14.4 Å². The van der Waals surface area contributed by atoms with Gasteiger partial charge in [0.1, 0.15) is 18.1 Å². The number of likely N-dealkylation sites (tertiary alicyclic amines) is 1. The van der Waals surface area contributed by atoms with Gasteiger partial charge in [0.25, 0.3) is 0 Å². The molecule has 6 N–H and O–H groups in total. The summed E-state index contributed by atoms with van der Waals surface area (Å²) < 4.78 is 0. The number of aliphatic carboxylic acids is 1. The molecule has 1 fully saturated rings. The van der Waals surface area contributed by atoms with Crippen molar-refractivity contribution < 1.29 is 24.3 Å². The van der Waals surface area contributed by atoms with Crippen molar-refractivity contribution in [2.24, 2.45) is 5.73 Å². The summed E-state index contributed by atoms with van der Waals surface area (Å²) >= 11 is 1.52. The highest BCUT2D eigenvalue weighted by Crippen LogP contribution is 2.20. The molecule has 200 valence electrons. The van der Waals surface area contributed by atoms with Gasteiger partial charge in [0, 0.05) is 31.3 Å². The zero-order valence-electron chi connectivity index (χ0n) is 20.8. The number of nitrogens with two attached hydrogens (primary N) is 1. The minimum absolute atomic E-state index is 0.191. The van der Waals surface area contributed by atoms with E-state index in [1.807, 2.05) is 36.6 Å². The number of benzene rings is 1. The highest BCUT2D eigenvalue weighted by Gasteiger charge is 2.38. The van der Waals surface area contributed by atoms with Gasteiger partial charge < -0.3 is 31.4 Å². The van der Waals surface area contributed by atoms with Crippen LogP contribution in [-0.4, -0.2) is 86.4 Å². The van der Waals surface area contributed by atoms with Crippen LogP contribution in [0.1, 0.15) is 30.5 Å². The first-order chi connectivity index (χ1) is 17.8. The van der Waals surface area contributed by atoms with Crippen LogP contribution in [0.3, 0.4) is 0 Å². The molecule has 0 bridgehead atoms. The van der Waals surface area contributed by atoms with Crippen LogP contribution in [0.2, 0.25) is 0 Å². The number of aromatic nitrogens is 2. The fraction of sp³-hybridized carbons (Fsp3) is 0.480. The molecule has 11 nitrogen and oxygen atoms in total. The summed E-state index contributed by atoms with van der Waals surface area (Å²) in [7, 11) is 0. The first kappa shape index (κ1) is 28.2. The molecule has 1 aliphatic rings. The van der Waals surface area contributed by atoms with Crippen LogP contribution < -0.4 is 16.4 Å². The lowest BCUT2D eigenvalue weighted by Crippen LogP contribution is -2.58. The van der Waals surface area contributed by atoms with Crippen molar-refractivity contribution in [2.45, 2.75) is 56.3 Å². The Morgan fingerprint density at radius 3 is 2.54 bits per heavy atom. The highest BCUT2D eigenvalue weighted by molar-refractivity contribution is 7.98. The zero-order valence-corrected chi connectivity index (χ0v) is 21.6. The number of carboxylic acids is 1. The van der Waals surface area contributed by atoms with Gasteiger partial charge in [0.05, 0.1) is 12.4 Å². The Balaban J connectivity index is 1.75. The number of nitrogens with zero attached hydrogens (tertiary/aromatic N) is 2. The van der Waals surface area contributed by atoms with E-state index < -0.39 is 47.9 Å². The lowest BCUT2D eigenvalue weighted by Gasteiger charge is -2.29. The normalized spacial score (nSPS) is 17.6. The summed E-state index contributed by atoms with van der Waals surface area (Å²) in [5.74, 6) is -1.93. The minimum atomic E-state index is -1.06. The quantitative estimate of drug-likeness (QED) is 0.246. The summed E-state index contributed by atoms with van der Waals surface area (Å²) in [6, 6.07) is 5.48. The van der Waals surface area contributed by atoms with Crippen molar-refractivity contribution in [3.05, 3.63) is 54.1 Å². The zero-order chi connectivity index (χ0) is 26.8. The molecule has 1 aromatic carbocycles. The first-order valence-corrected chi connectivity index (χ1v) is 13.6. The van der Waals surface area contributed by atoms with E-state index in [2.05, 4.69) is 20.6 Å². The van der Waals surface area contributed by atoms with Crippen LogP contribution in [0.15, 0.2) is 42.9 Å². The standard InChI is InChI=1S/C25H34N6O5S/c1-37-11-9-19(29-22(32)18(26)13-17-14-27-15-28-17)23(33)30-20(12-16-6-3-2-4-7-16)24(34)31-10-5-8-21(31)25(35)36/h2-4,6-7,14-15,18-21H,5,8-13,26H2,1H3,(H,27,28)(H,29,32)(H,30,33)(H,35,36). The molecule has 0 spiro atoms. The van der Waals surface area contributed by atoms with Gasteiger partial charge >= 0.3 is 5.97 Å². The maximum absolute atomic E-state index is 13.5. The molecule has 4 unspecified atom stereocenters. The number of carbonyl (C=O) groups excluding carboxylic acids is 3. The summed E-state index contributed by atoms with van der Waals surface area (Å²) in [5, 5.41) is 15.1. The monoisotopic (exact) mass is 530 g/mol. The molecule has 4 atom stereocenters. The Labute approximate surface area is 220 Å². The second kappa shape index (κ2) is 13.8. The Morgan fingerprint density at radius 1 is 1.16 bits per heavy atom. The van der Waals surface area contributed by atoms with Gasteiger partial charge in [-0.1, -0.05) is 30.3 Å². The van der Waals surface area contributed by atoms with E-state index in [4.69, 9.17) is 5.73 Å². The van der Waals surface area contributed by atoms with Gasteiger partial charge in [-0.2, -0.15) is 11.8 Å². The molecule has 37 heavy (non-hydrogen) atoms. The molecule has 0 aliphatic carbocycles. The summed E-state index contributed by atoms with van der Waals surface area (Å²) in [6.07, 6.45) is 6.66. The van der Waals surface area contributed by atoms with Crippen molar-refractivity contribution in [2.75, 3.05) is 18.6 Å². The average Bonchev–Trinajstić information content (AvgIpc) is 3.58. The van der Waals surface area contributed by atoms with Crippen LogP contribution in [0.5, 0.6) is 0 Å². The van der Waals surface area contributed by atoms with Gasteiger partial charge in [0.2, 0.25) is 17.7 Å². The van der Waals surface area contributed by atoms with Crippen LogP contribution >= 0.6 is 11.8 Å². The largest absolute Gasteiger partial charge is 0.480 e. The number of carboxylic acid groups (broad SMARTS) is 1. The van der Waals surface area contributed by atoms with Gasteiger partial charge in [-0.15, -0.1) is 0 Å². The van der Waals surface area contributed by atoms with Gasteiger partial charge in [-0.25, -0.2) is 9.78 Å². The Kier molecular flexibility index (Phi) is 10.5. The highest BCUT2D eigenvalue weighted by atomic mass is 32.2. The third kappa shape index (κ3) is 8.05. The predicted molar refractivity (Wildman–Crippen MR) is 140 cm³/mol. The Hall–Kier alpha value is -3.38. The number of nitrogens with one attached hydrogen (secondary N) is 3. The number of H-pyrrole nitrogens is 1. The topological polar surface area (TPSA) is 171 Å². The molecule has 2 aromatic rings. The predicted octanol–water partition coefficient (Wildman–Crippen LogP) is 0.321. The molecule has 3 rings (SSSR count). The van der Waals surface area contributed by atoms with Crippen molar-refractivity contribution in [3.63, 3.8) is 0 Å². The Bertz CT molecular complexity index is 1050. The molecule has 1 saturated heterocycles.